The highest BCUT2D eigenvalue weighted by Crippen LogP contribution is 2.27. The molecule has 2 aliphatic heterocycles. The number of piperidine rings is 1. The van der Waals surface area contributed by atoms with Crippen LogP contribution in [0.5, 0.6) is 0 Å². The topological polar surface area (TPSA) is 52.7 Å². The first-order valence-electron chi connectivity index (χ1n) is 8.53. The molecule has 0 spiro atoms. The lowest BCUT2D eigenvalue weighted by Crippen LogP contribution is -2.47. The maximum Gasteiger partial charge on any atom is 0.281 e. The van der Waals surface area contributed by atoms with Crippen molar-refractivity contribution in [3.63, 3.8) is 0 Å². The van der Waals surface area contributed by atoms with Crippen molar-refractivity contribution in [2.24, 2.45) is 11.8 Å². The molecule has 1 unspecified atom stereocenters. The zero-order chi connectivity index (χ0) is 15.3. The highest BCUT2D eigenvalue weighted by Gasteiger charge is 2.36. The molecule has 0 aliphatic carbocycles. The van der Waals surface area contributed by atoms with Crippen LogP contribution in [0.3, 0.4) is 0 Å². The van der Waals surface area contributed by atoms with Gasteiger partial charge >= 0.3 is 0 Å². The van der Waals surface area contributed by atoms with Gasteiger partial charge in [0.2, 0.25) is 0 Å². The normalized spacial score (nSPS) is 26.5. The maximum atomic E-state index is 12.7. The Bertz CT molecular complexity index is 405. The number of hydrogen-bond acceptors (Lipinski definition) is 3. The van der Waals surface area contributed by atoms with Crippen LogP contribution in [-0.4, -0.2) is 56.3 Å². The maximum absolute atomic E-state index is 12.7. The lowest BCUT2D eigenvalue weighted by atomic mass is 9.98. The van der Waals surface area contributed by atoms with Crippen molar-refractivity contribution >= 4 is 10.2 Å². The Morgan fingerprint density at radius 2 is 1.62 bits per heavy atom. The van der Waals surface area contributed by atoms with Crippen LogP contribution < -0.4 is 5.32 Å². The van der Waals surface area contributed by atoms with Gasteiger partial charge in [-0.05, 0) is 50.6 Å². The molecule has 0 aromatic carbocycles. The van der Waals surface area contributed by atoms with Crippen molar-refractivity contribution in [3.8, 4) is 0 Å². The monoisotopic (exact) mass is 317 g/mol. The van der Waals surface area contributed by atoms with Gasteiger partial charge < -0.3 is 5.32 Å². The summed E-state index contributed by atoms with van der Waals surface area (Å²) in [6, 6.07) is 0. The van der Waals surface area contributed by atoms with E-state index in [9.17, 15) is 8.42 Å². The summed E-state index contributed by atoms with van der Waals surface area (Å²) in [6.07, 6.45) is 5.30. The molecule has 21 heavy (non-hydrogen) atoms. The van der Waals surface area contributed by atoms with Gasteiger partial charge in [-0.2, -0.15) is 17.0 Å². The second-order valence-electron chi connectivity index (χ2n) is 6.46. The highest BCUT2D eigenvalue weighted by atomic mass is 32.2. The van der Waals surface area contributed by atoms with Crippen molar-refractivity contribution in [3.05, 3.63) is 0 Å². The molecular formula is C15H31N3O2S. The van der Waals surface area contributed by atoms with Crippen LogP contribution in [0, 0.1) is 11.8 Å². The summed E-state index contributed by atoms with van der Waals surface area (Å²) >= 11 is 0. The fourth-order valence-electron chi connectivity index (χ4n) is 3.51. The Hall–Kier alpha value is -0.170. The van der Waals surface area contributed by atoms with E-state index in [0.717, 1.165) is 51.7 Å². The first-order chi connectivity index (χ1) is 10.1. The summed E-state index contributed by atoms with van der Waals surface area (Å²) in [6.45, 7) is 9.11. The third kappa shape index (κ3) is 4.41. The summed E-state index contributed by atoms with van der Waals surface area (Å²) in [5, 5.41) is 3.37. The predicted molar refractivity (Wildman–Crippen MR) is 86.3 cm³/mol. The van der Waals surface area contributed by atoms with E-state index in [0.29, 0.717) is 31.5 Å². The van der Waals surface area contributed by atoms with E-state index in [-0.39, 0.29) is 0 Å². The van der Waals surface area contributed by atoms with Crippen molar-refractivity contribution in [1.82, 2.24) is 13.9 Å². The Kier molecular flexibility index (Phi) is 6.47. The van der Waals surface area contributed by atoms with Crippen molar-refractivity contribution < 1.29 is 8.42 Å². The summed E-state index contributed by atoms with van der Waals surface area (Å²) < 4.78 is 28.8. The lowest BCUT2D eigenvalue weighted by molar-refractivity contribution is 0.253. The average molecular weight is 317 g/mol. The Morgan fingerprint density at radius 1 is 1.00 bits per heavy atom. The zero-order valence-electron chi connectivity index (χ0n) is 13.6. The predicted octanol–water partition coefficient (Wildman–Crippen LogP) is 1.67. The molecule has 6 heteroatoms. The second-order valence-corrected chi connectivity index (χ2v) is 8.39. The SMILES string of the molecule is CCCC1CCN(S(=O)(=O)N2CCC(CNCC)CC2)C1. The first-order valence-corrected chi connectivity index (χ1v) is 9.93. The molecule has 1 atom stereocenters. The molecular weight excluding hydrogens is 286 g/mol. The van der Waals surface area contributed by atoms with E-state index < -0.39 is 10.2 Å². The molecule has 2 fully saturated rings. The molecule has 1 N–H and O–H groups in total. The van der Waals surface area contributed by atoms with Crippen LogP contribution in [0.15, 0.2) is 0 Å². The molecule has 0 radical (unpaired) electrons. The minimum atomic E-state index is -3.21. The largest absolute Gasteiger partial charge is 0.317 e. The third-order valence-electron chi connectivity index (χ3n) is 4.85. The number of hydrogen-bond donors (Lipinski definition) is 1. The molecule has 2 heterocycles. The van der Waals surface area contributed by atoms with E-state index >= 15 is 0 Å². The van der Waals surface area contributed by atoms with Crippen LogP contribution >= 0.6 is 0 Å². The molecule has 124 valence electrons. The summed E-state index contributed by atoms with van der Waals surface area (Å²) in [5.41, 5.74) is 0. The fraction of sp³-hybridized carbons (Fsp3) is 1.00. The van der Waals surface area contributed by atoms with Gasteiger partial charge in [-0.15, -0.1) is 0 Å². The van der Waals surface area contributed by atoms with Gasteiger partial charge in [0.1, 0.15) is 0 Å². The van der Waals surface area contributed by atoms with Gasteiger partial charge in [0.25, 0.3) is 10.2 Å². The molecule has 5 nitrogen and oxygen atoms in total. The van der Waals surface area contributed by atoms with Crippen LogP contribution in [0.25, 0.3) is 0 Å². The lowest BCUT2D eigenvalue weighted by Gasteiger charge is -2.33. The van der Waals surface area contributed by atoms with Crippen LogP contribution in [0.2, 0.25) is 0 Å². The van der Waals surface area contributed by atoms with Crippen molar-refractivity contribution in [2.75, 3.05) is 39.3 Å². The van der Waals surface area contributed by atoms with E-state index in [1.165, 1.54) is 0 Å². The Labute approximate surface area is 130 Å². The summed E-state index contributed by atoms with van der Waals surface area (Å²) in [7, 11) is -3.21. The van der Waals surface area contributed by atoms with E-state index in [1.54, 1.807) is 8.61 Å². The van der Waals surface area contributed by atoms with Crippen LogP contribution in [-0.2, 0) is 10.2 Å². The standard InChI is InChI=1S/C15H31N3O2S/c1-3-5-15-8-11-18(13-15)21(19,20)17-9-6-14(7-10-17)12-16-4-2/h14-16H,3-13H2,1-2H3. The molecule has 0 aromatic rings. The van der Waals surface area contributed by atoms with E-state index in [4.69, 9.17) is 0 Å². The van der Waals surface area contributed by atoms with Gasteiger partial charge in [0, 0.05) is 26.2 Å². The molecule has 0 amide bonds. The Morgan fingerprint density at radius 3 is 2.24 bits per heavy atom. The van der Waals surface area contributed by atoms with Crippen LogP contribution in [0.4, 0.5) is 0 Å². The van der Waals surface area contributed by atoms with E-state index in [2.05, 4.69) is 19.2 Å². The smallest absolute Gasteiger partial charge is 0.281 e. The van der Waals surface area contributed by atoms with Gasteiger partial charge in [0.15, 0.2) is 0 Å². The van der Waals surface area contributed by atoms with Crippen molar-refractivity contribution in [2.45, 2.75) is 46.0 Å². The second kappa shape index (κ2) is 7.90. The molecule has 0 bridgehead atoms. The number of nitrogens with one attached hydrogen (secondary N) is 1. The summed E-state index contributed by atoms with van der Waals surface area (Å²) in [4.78, 5) is 0. The minimum absolute atomic E-state index is 0.566. The van der Waals surface area contributed by atoms with Crippen LogP contribution in [0.1, 0.15) is 46.0 Å². The highest BCUT2D eigenvalue weighted by molar-refractivity contribution is 7.86. The van der Waals surface area contributed by atoms with Gasteiger partial charge in [-0.1, -0.05) is 20.3 Å². The van der Waals surface area contributed by atoms with Crippen molar-refractivity contribution in [1.29, 1.82) is 0 Å². The molecule has 2 rings (SSSR count). The van der Waals surface area contributed by atoms with E-state index in [1.807, 2.05) is 0 Å². The fourth-order valence-corrected chi connectivity index (χ4v) is 5.24. The Balaban J connectivity index is 1.84. The molecule has 2 aliphatic rings. The zero-order valence-corrected chi connectivity index (χ0v) is 14.4. The molecule has 0 aromatic heterocycles. The first kappa shape index (κ1) is 17.2. The average Bonchev–Trinajstić information content (AvgIpc) is 2.95. The van der Waals surface area contributed by atoms with Gasteiger partial charge in [-0.25, -0.2) is 0 Å². The van der Waals surface area contributed by atoms with Gasteiger partial charge in [-0.3, -0.25) is 0 Å². The molecule has 2 saturated heterocycles. The third-order valence-corrected chi connectivity index (χ3v) is 6.86. The quantitative estimate of drug-likeness (QED) is 0.777. The minimum Gasteiger partial charge on any atom is -0.317 e. The van der Waals surface area contributed by atoms with Gasteiger partial charge in [0.05, 0.1) is 0 Å². The number of rotatable bonds is 7. The molecule has 0 saturated carbocycles. The summed E-state index contributed by atoms with van der Waals surface area (Å²) in [5.74, 6) is 1.19. The number of nitrogens with zero attached hydrogens (tertiary/aromatic N) is 2.